The van der Waals surface area contributed by atoms with Gasteiger partial charge in [0.05, 0.1) is 18.1 Å². The summed E-state index contributed by atoms with van der Waals surface area (Å²) in [5.74, 6) is -2.21. The van der Waals surface area contributed by atoms with E-state index in [4.69, 9.17) is 15.2 Å². The van der Waals surface area contributed by atoms with Gasteiger partial charge in [-0.25, -0.2) is 17.2 Å². The van der Waals surface area contributed by atoms with E-state index >= 15 is 0 Å². The Morgan fingerprint density at radius 1 is 1.22 bits per heavy atom. The smallest absolute Gasteiger partial charge is 0.265 e. The first-order valence-corrected chi connectivity index (χ1v) is 13.5. The minimum atomic E-state index is -4.73. The van der Waals surface area contributed by atoms with E-state index in [1.54, 1.807) is 13.8 Å². The molecule has 198 valence electrons. The van der Waals surface area contributed by atoms with Crippen LogP contribution in [0.4, 0.5) is 8.78 Å². The summed E-state index contributed by atoms with van der Waals surface area (Å²) < 4.78 is 63.3. The summed E-state index contributed by atoms with van der Waals surface area (Å²) in [5, 5.41) is 10.7. The molecule has 13 heteroatoms. The van der Waals surface area contributed by atoms with Crippen LogP contribution in [-0.2, 0) is 19.6 Å². The molecule has 0 radical (unpaired) electrons. The number of carbonyl (C=O) groups is 1. The standard InChI is InChI=1S/C23H29F2N3O6S2/c1-23(2,35-14-11-27-9-12-33-13-10-27)21(22(26)29)28(30)36(31,32)18-7-8-20(19(25)15-18)34-17-5-3-16(24)4-6-17/h3-8,15,21,30H,9-14H2,1-2H3,(H2,26,29)/t21-/m0/s1. The Morgan fingerprint density at radius 3 is 2.44 bits per heavy atom. The molecule has 1 fully saturated rings. The van der Waals surface area contributed by atoms with Crippen LogP contribution < -0.4 is 10.5 Å². The number of halogens is 2. The molecule has 0 unspecified atom stereocenters. The van der Waals surface area contributed by atoms with Crippen LogP contribution in [0, 0.1) is 11.6 Å². The molecule has 1 amide bonds. The Bertz CT molecular complexity index is 1160. The number of carbonyl (C=O) groups excluding carboxylic acids is 1. The highest BCUT2D eigenvalue weighted by Crippen LogP contribution is 2.34. The molecule has 0 saturated carbocycles. The largest absolute Gasteiger partial charge is 0.454 e. The highest BCUT2D eigenvalue weighted by molar-refractivity contribution is 8.00. The molecular weight excluding hydrogens is 516 g/mol. The van der Waals surface area contributed by atoms with Gasteiger partial charge in [0, 0.05) is 30.1 Å². The number of thioether (sulfide) groups is 1. The van der Waals surface area contributed by atoms with Crippen LogP contribution in [0.5, 0.6) is 11.5 Å². The highest BCUT2D eigenvalue weighted by Gasteiger charge is 2.44. The van der Waals surface area contributed by atoms with E-state index in [0.717, 1.165) is 37.4 Å². The second-order valence-electron chi connectivity index (χ2n) is 8.64. The van der Waals surface area contributed by atoms with E-state index in [1.807, 2.05) is 0 Å². The number of amides is 1. The summed E-state index contributed by atoms with van der Waals surface area (Å²) in [4.78, 5) is 13.8. The molecule has 1 aliphatic heterocycles. The predicted molar refractivity (Wildman–Crippen MR) is 130 cm³/mol. The summed E-state index contributed by atoms with van der Waals surface area (Å²) in [6.07, 6.45) is 0. The minimum Gasteiger partial charge on any atom is -0.454 e. The van der Waals surface area contributed by atoms with Crippen molar-refractivity contribution in [3.63, 3.8) is 0 Å². The minimum absolute atomic E-state index is 0.105. The van der Waals surface area contributed by atoms with Gasteiger partial charge in [0.2, 0.25) is 5.91 Å². The van der Waals surface area contributed by atoms with Crippen molar-refractivity contribution in [2.45, 2.75) is 29.5 Å². The lowest BCUT2D eigenvalue weighted by Gasteiger charge is -2.36. The summed E-state index contributed by atoms with van der Waals surface area (Å²) in [5.41, 5.74) is 5.50. The van der Waals surface area contributed by atoms with Crippen LogP contribution >= 0.6 is 11.8 Å². The molecule has 1 aliphatic rings. The molecule has 2 aromatic carbocycles. The number of hydrogen-bond donors (Lipinski definition) is 2. The van der Waals surface area contributed by atoms with Crippen LogP contribution in [-0.4, -0.2) is 78.3 Å². The van der Waals surface area contributed by atoms with E-state index in [2.05, 4.69) is 4.90 Å². The van der Waals surface area contributed by atoms with E-state index in [9.17, 15) is 27.2 Å². The Morgan fingerprint density at radius 2 is 1.86 bits per heavy atom. The third-order valence-corrected chi connectivity index (χ3v) is 8.53. The topological polar surface area (TPSA) is 122 Å². The number of nitrogens with two attached hydrogens (primary N) is 1. The molecule has 0 aromatic heterocycles. The first kappa shape index (κ1) is 28.3. The SMILES string of the molecule is CC(C)(SCCN1CCOCC1)[C@H](C(N)=O)N(O)S(=O)(=O)c1ccc(Oc2ccc(F)cc2)c(F)c1. The fourth-order valence-electron chi connectivity index (χ4n) is 3.66. The molecule has 9 nitrogen and oxygen atoms in total. The van der Waals surface area contributed by atoms with Gasteiger partial charge >= 0.3 is 0 Å². The zero-order valence-electron chi connectivity index (χ0n) is 19.9. The number of ether oxygens (including phenoxy) is 2. The molecule has 3 rings (SSSR count). The number of hydrogen-bond acceptors (Lipinski definition) is 8. The first-order chi connectivity index (χ1) is 16.9. The predicted octanol–water partition coefficient (Wildman–Crippen LogP) is 2.83. The van der Waals surface area contributed by atoms with Gasteiger partial charge in [-0.3, -0.25) is 14.9 Å². The van der Waals surface area contributed by atoms with Gasteiger partial charge in [-0.2, -0.15) is 11.8 Å². The van der Waals surface area contributed by atoms with Gasteiger partial charge in [0.1, 0.15) is 17.6 Å². The van der Waals surface area contributed by atoms with E-state index < -0.39 is 43.2 Å². The quantitative estimate of drug-likeness (QED) is 0.414. The van der Waals surface area contributed by atoms with Gasteiger partial charge in [-0.15, -0.1) is 0 Å². The summed E-state index contributed by atoms with van der Waals surface area (Å²) in [6, 6.07) is 5.93. The monoisotopic (exact) mass is 545 g/mol. The number of sulfonamides is 1. The van der Waals surface area contributed by atoms with Crippen molar-refractivity contribution in [3.8, 4) is 11.5 Å². The fourth-order valence-corrected chi connectivity index (χ4v) is 6.33. The number of hydroxylamine groups is 1. The maximum atomic E-state index is 14.7. The summed E-state index contributed by atoms with van der Waals surface area (Å²) >= 11 is 1.29. The lowest BCUT2D eigenvalue weighted by Crippen LogP contribution is -2.56. The molecule has 3 N–H and O–H groups in total. The molecule has 0 aliphatic carbocycles. The van der Waals surface area contributed by atoms with Gasteiger partial charge in [0.15, 0.2) is 11.6 Å². The van der Waals surface area contributed by atoms with Crippen molar-refractivity contribution in [3.05, 3.63) is 54.1 Å². The number of rotatable bonds is 11. The van der Waals surface area contributed by atoms with Crippen molar-refractivity contribution < 1.29 is 36.7 Å². The molecule has 36 heavy (non-hydrogen) atoms. The van der Waals surface area contributed by atoms with Crippen molar-refractivity contribution in [1.29, 1.82) is 0 Å². The van der Waals surface area contributed by atoms with Gasteiger partial charge < -0.3 is 15.2 Å². The van der Waals surface area contributed by atoms with Gasteiger partial charge in [-0.1, -0.05) is 4.47 Å². The van der Waals surface area contributed by atoms with Crippen molar-refractivity contribution in [2.24, 2.45) is 5.73 Å². The van der Waals surface area contributed by atoms with Crippen LogP contribution in [0.15, 0.2) is 47.4 Å². The maximum absolute atomic E-state index is 14.7. The Balaban J connectivity index is 1.75. The third-order valence-electron chi connectivity index (χ3n) is 5.62. The normalized spacial score (nSPS) is 16.2. The second kappa shape index (κ2) is 11.8. The molecule has 2 aromatic rings. The Hall–Kier alpha value is -2.29. The Labute approximate surface area is 213 Å². The zero-order valence-corrected chi connectivity index (χ0v) is 21.5. The average Bonchev–Trinajstić information content (AvgIpc) is 2.81. The molecule has 0 spiro atoms. The number of benzene rings is 2. The lowest BCUT2D eigenvalue weighted by atomic mass is 10.0. The second-order valence-corrected chi connectivity index (χ2v) is 12.2. The van der Waals surface area contributed by atoms with Crippen LogP contribution in [0.2, 0.25) is 0 Å². The van der Waals surface area contributed by atoms with Crippen molar-refractivity contribution in [1.82, 2.24) is 9.37 Å². The van der Waals surface area contributed by atoms with E-state index in [1.165, 1.54) is 23.9 Å². The Kier molecular flexibility index (Phi) is 9.30. The molecule has 0 bridgehead atoms. The van der Waals surface area contributed by atoms with Gasteiger partial charge in [-0.05, 0) is 56.3 Å². The van der Waals surface area contributed by atoms with Crippen LogP contribution in [0.1, 0.15) is 13.8 Å². The molecular formula is C23H29F2N3O6S2. The maximum Gasteiger partial charge on any atom is 0.265 e. The zero-order chi connectivity index (χ0) is 26.5. The first-order valence-electron chi connectivity index (χ1n) is 11.1. The lowest BCUT2D eigenvalue weighted by molar-refractivity contribution is -0.132. The fraction of sp³-hybridized carbons (Fsp3) is 0.435. The molecule has 1 atom stereocenters. The molecule has 1 heterocycles. The van der Waals surface area contributed by atoms with Crippen LogP contribution in [0.25, 0.3) is 0 Å². The number of morpholine rings is 1. The summed E-state index contributed by atoms with van der Waals surface area (Å²) in [7, 11) is -4.73. The average molecular weight is 546 g/mol. The molecule has 1 saturated heterocycles. The summed E-state index contributed by atoms with van der Waals surface area (Å²) in [6.45, 7) is 6.69. The van der Waals surface area contributed by atoms with Crippen molar-refractivity contribution >= 4 is 27.7 Å². The van der Waals surface area contributed by atoms with E-state index in [-0.39, 0.29) is 16.0 Å². The third kappa shape index (κ3) is 6.93. The van der Waals surface area contributed by atoms with Crippen LogP contribution in [0.3, 0.4) is 0 Å². The van der Waals surface area contributed by atoms with Gasteiger partial charge in [0.25, 0.3) is 10.0 Å². The van der Waals surface area contributed by atoms with E-state index in [0.29, 0.717) is 31.6 Å². The van der Waals surface area contributed by atoms with Crippen molar-refractivity contribution in [2.75, 3.05) is 38.6 Å². The number of nitrogens with zero attached hydrogens (tertiary/aromatic N) is 2. The highest BCUT2D eigenvalue weighted by atomic mass is 32.2. The number of primary amides is 1.